The van der Waals surface area contributed by atoms with Gasteiger partial charge in [0.15, 0.2) is 0 Å². The maximum Gasteiger partial charge on any atom is 0.0861 e. The second-order valence-electron chi connectivity index (χ2n) is 5.75. The third kappa shape index (κ3) is 1.64. The van der Waals surface area contributed by atoms with Gasteiger partial charge in [-0.15, -0.1) is 0 Å². The summed E-state index contributed by atoms with van der Waals surface area (Å²) in [5.41, 5.74) is 4.29. The minimum absolute atomic E-state index is 0.818. The van der Waals surface area contributed by atoms with Crippen LogP contribution in [0.3, 0.4) is 0 Å². The molecule has 96 valence electrons. The summed E-state index contributed by atoms with van der Waals surface area (Å²) in [5.74, 6) is 0. The molecule has 0 aliphatic heterocycles. The smallest absolute Gasteiger partial charge is 0.0861 e. The molecule has 1 aliphatic rings. The van der Waals surface area contributed by atoms with Crippen molar-refractivity contribution in [2.75, 3.05) is 0 Å². The van der Waals surface area contributed by atoms with Gasteiger partial charge in [0.2, 0.25) is 0 Å². The molecular formula is C15H18BrNO. The zero-order valence-corrected chi connectivity index (χ0v) is 12.6. The van der Waals surface area contributed by atoms with Gasteiger partial charge in [-0.25, -0.2) is 0 Å². The Morgan fingerprint density at radius 1 is 1.28 bits per heavy atom. The molecule has 3 heteroatoms. The van der Waals surface area contributed by atoms with E-state index in [0.29, 0.717) is 0 Å². The molecule has 1 N–H and O–H groups in total. The molecule has 18 heavy (non-hydrogen) atoms. The van der Waals surface area contributed by atoms with Crippen LogP contribution in [0.2, 0.25) is 0 Å². The van der Waals surface area contributed by atoms with Gasteiger partial charge in [-0.1, -0.05) is 15.9 Å². The van der Waals surface area contributed by atoms with Gasteiger partial charge in [-0.3, -0.25) is 0 Å². The summed E-state index contributed by atoms with van der Waals surface area (Å²) in [6.07, 6.45) is 3.57. The molecule has 1 aliphatic carbocycles. The summed E-state index contributed by atoms with van der Waals surface area (Å²) in [6, 6.07) is 4.23. The van der Waals surface area contributed by atoms with Crippen LogP contribution in [0.1, 0.15) is 37.1 Å². The van der Waals surface area contributed by atoms with Crippen LogP contribution in [-0.4, -0.2) is 9.67 Å². The molecular weight excluding hydrogens is 290 g/mol. The number of aryl methyl sites for hydroxylation is 2. The largest absolute Gasteiger partial charge is 0.386 e. The molecule has 1 heterocycles. The Kier molecular flexibility index (Phi) is 2.62. The highest BCUT2D eigenvalue weighted by Gasteiger charge is 2.26. The van der Waals surface area contributed by atoms with E-state index in [2.05, 4.69) is 33.6 Å². The van der Waals surface area contributed by atoms with Gasteiger partial charge in [-0.05, 0) is 50.8 Å². The second kappa shape index (κ2) is 3.84. The summed E-state index contributed by atoms with van der Waals surface area (Å²) in [5, 5.41) is 11.7. The highest BCUT2D eigenvalue weighted by Crippen LogP contribution is 2.39. The second-order valence-corrected chi connectivity index (χ2v) is 6.66. The Hall–Kier alpha value is -0.800. The number of hydrogen-bond donors (Lipinski definition) is 1. The summed E-state index contributed by atoms with van der Waals surface area (Å²) in [6.45, 7) is 3.71. The fourth-order valence-corrected chi connectivity index (χ4v) is 3.64. The van der Waals surface area contributed by atoms with Gasteiger partial charge >= 0.3 is 0 Å². The summed E-state index contributed by atoms with van der Waals surface area (Å²) in [7, 11) is 2.12. The molecule has 0 amide bonds. The highest BCUT2D eigenvalue weighted by molar-refractivity contribution is 9.10. The molecule has 0 atom stereocenters. The topological polar surface area (TPSA) is 25.2 Å². The Bertz CT molecular complexity index is 634. The first-order chi connectivity index (χ1) is 8.39. The molecule has 3 rings (SSSR count). The molecule has 0 radical (unpaired) electrons. The van der Waals surface area contributed by atoms with Crippen molar-refractivity contribution in [2.24, 2.45) is 7.05 Å². The van der Waals surface area contributed by atoms with E-state index in [1.54, 1.807) is 0 Å². The van der Waals surface area contributed by atoms with Gasteiger partial charge in [0.1, 0.15) is 0 Å². The number of fused-ring (bicyclic) bond motifs is 3. The third-order valence-corrected chi connectivity index (χ3v) is 4.45. The first kappa shape index (κ1) is 12.2. The fourth-order valence-electron chi connectivity index (χ4n) is 3.18. The van der Waals surface area contributed by atoms with Crippen LogP contribution in [-0.2, 0) is 25.5 Å². The van der Waals surface area contributed by atoms with E-state index in [-0.39, 0.29) is 0 Å². The monoisotopic (exact) mass is 307 g/mol. The van der Waals surface area contributed by atoms with Crippen molar-refractivity contribution in [3.8, 4) is 0 Å². The van der Waals surface area contributed by atoms with E-state index in [1.165, 1.54) is 28.6 Å². The summed E-state index contributed by atoms with van der Waals surface area (Å²) in [4.78, 5) is 0. The minimum atomic E-state index is -0.818. The number of hydrogen-bond acceptors (Lipinski definition) is 1. The van der Waals surface area contributed by atoms with Crippen molar-refractivity contribution in [3.05, 3.63) is 33.4 Å². The van der Waals surface area contributed by atoms with Crippen molar-refractivity contribution in [1.29, 1.82) is 0 Å². The zero-order valence-electron chi connectivity index (χ0n) is 11.0. The van der Waals surface area contributed by atoms with E-state index in [0.717, 1.165) is 22.9 Å². The van der Waals surface area contributed by atoms with Crippen molar-refractivity contribution < 1.29 is 5.11 Å². The van der Waals surface area contributed by atoms with Crippen molar-refractivity contribution in [3.63, 3.8) is 0 Å². The van der Waals surface area contributed by atoms with Crippen molar-refractivity contribution in [1.82, 2.24) is 4.57 Å². The summed E-state index contributed by atoms with van der Waals surface area (Å²) < 4.78 is 3.32. The van der Waals surface area contributed by atoms with Crippen LogP contribution in [0.4, 0.5) is 0 Å². The van der Waals surface area contributed by atoms with Gasteiger partial charge < -0.3 is 9.67 Å². The van der Waals surface area contributed by atoms with Gasteiger partial charge in [0.05, 0.1) is 11.1 Å². The minimum Gasteiger partial charge on any atom is -0.386 e. The Morgan fingerprint density at radius 3 is 2.67 bits per heavy atom. The van der Waals surface area contributed by atoms with Crippen molar-refractivity contribution >= 4 is 26.8 Å². The van der Waals surface area contributed by atoms with Crippen LogP contribution in [0.25, 0.3) is 10.9 Å². The number of nitrogens with zero attached hydrogens (tertiary/aromatic N) is 1. The maximum atomic E-state index is 10.4. The number of aromatic nitrogens is 1. The SMILES string of the molecule is Cn1c2c(c3cc(Br)cc(C(C)(C)O)c31)CCC2. The van der Waals surface area contributed by atoms with E-state index in [9.17, 15) is 5.11 Å². The number of aliphatic hydroxyl groups is 1. The molecule has 1 aromatic heterocycles. The predicted molar refractivity (Wildman–Crippen MR) is 77.9 cm³/mol. The Labute approximate surface area is 116 Å². The van der Waals surface area contributed by atoms with Crippen LogP contribution >= 0.6 is 15.9 Å². The third-order valence-electron chi connectivity index (χ3n) is 3.99. The van der Waals surface area contributed by atoms with Crippen LogP contribution < -0.4 is 0 Å². The lowest BCUT2D eigenvalue weighted by Gasteiger charge is -2.21. The first-order valence-corrected chi connectivity index (χ1v) is 7.21. The predicted octanol–water partition coefficient (Wildman–Crippen LogP) is 3.66. The van der Waals surface area contributed by atoms with Gasteiger partial charge in [-0.2, -0.15) is 0 Å². The molecule has 0 saturated carbocycles. The normalized spacial score (nSPS) is 15.4. The lowest BCUT2D eigenvalue weighted by atomic mass is 9.95. The number of benzene rings is 1. The van der Waals surface area contributed by atoms with E-state index >= 15 is 0 Å². The average molecular weight is 308 g/mol. The molecule has 1 aromatic carbocycles. The first-order valence-electron chi connectivity index (χ1n) is 6.42. The lowest BCUT2D eigenvalue weighted by molar-refractivity contribution is 0.0798. The molecule has 0 bridgehead atoms. The van der Waals surface area contributed by atoms with E-state index in [4.69, 9.17) is 0 Å². The Morgan fingerprint density at radius 2 is 2.00 bits per heavy atom. The standard InChI is InChI=1S/C15H18BrNO/c1-15(2,18)12-8-9(16)7-11-10-5-4-6-13(10)17(3)14(11)12/h7-8,18H,4-6H2,1-3H3. The molecule has 0 fully saturated rings. The average Bonchev–Trinajstić information content (AvgIpc) is 2.81. The van der Waals surface area contributed by atoms with Crippen LogP contribution in [0, 0.1) is 0 Å². The van der Waals surface area contributed by atoms with E-state index < -0.39 is 5.60 Å². The van der Waals surface area contributed by atoms with Crippen LogP contribution in [0.15, 0.2) is 16.6 Å². The maximum absolute atomic E-state index is 10.4. The van der Waals surface area contributed by atoms with Gasteiger partial charge in [0, 0.05) is 28.2 Å². The van der Waals surface area contributed by atoms with Crippen LogP contribution in [0.5, 0.6) is 0 Å². The molecule has 0 saturated heterocycles. The van der Waals surface area contributed by atoms with E-state index in [1.807, 2.05) is 19.9 Å². The van der Waals surface area contributed by atoms with Gasteiger partial charge in [0.25, 0.3) is 0 Å². The molecule has 2 nitrogen and oxygen atoms in total. The van der Waals surface area contributed by atoms with Crippen molar-refractivity contribution in [2.45, 2.75) is 38.7 Å². The highest BCUT2D eigenvalue weighted by atomic mass is 79.9. The molecule has 0 spiro atoms. The Balaban J connectivity index is 2.45. The molecule has 0 unspecified atom stereocenters. The quantitative estimate of drug-likeness (QED) is 0.854. The summed E-state index contributed by atoms with van der Waals surface area (Å²) >= 11 is 3.57. The lowest BCUT2D eigenvalue weighted by Crippen LogP contribution is -2.17. The zero-order chi connectivity index (χ0) is 13.1. The number of rotatable bonds is 1. The number of halogens is 1. The molecule has 2 aromatic rings. The fraction of sp³-hybridized carbons (Fsp3) is 0.467.